The van der Waals surface area contributed by atoms with Crippen molar-refractivity contribution in [2.45, 2.75) is 20.0 Å². The number of nitrogens with one attached hydrogen (secondary N) is 2. The second kappa shape index (κ2) is 10.1. The highest BCUT2D eigenvalue weighted by atomic mass is 19.4. The average Bonchev–Trinajstić information content (AvgIpc) is 3.25. The van der Waals surface area contributed by atoms with Crippen molar-refractivity contribution in [1.82, 2.24) is 10.6 Å². The van der Waals surface area contributed by atoms with E-state index in [2.05, 4.69) is 10.6 Å². The van der Waals surface area contributed by atoms with E-state index in [0.717, 1.165) is 6.07 Å². The largest absolute Gasteiger partial charge is 0.455 e. The smallest absolute Gasteiger partial charge is 0.417 e. The van der Waals surface area contributed by atoms with Crippen LogP contribution in [-0.2, 0) is 6.18 Å². The number of carbonyl (C=O) groups excluding carboxylic acids is 2. The molecule has 0 bridgehead atoms. The van der Waals surface area contributed by atoms with Crippen LogP contribution in [0.15, 0.2) is 65.1 Å². The van der Waals surface area contributed by atoms with E-state index >= 15 is 0 Å². The average molecular weight is 513 g/mol. The van der Waals surface area contributed by atoms with Crippen molar-refractivity contribution in [1.29, 1.82) is 0 Å². The molecule has 4 rings (SSSR count). The van der Waals surface area contributed by atoms with Crippen LogP contribution in [0.25, 0.3) is 33.4 Å². The molecule has 0 saturated heterocycles. The number of halogens is 4. The predicted octanol–water partition coefficient (Wildman–Crippen LogP) is 6.67. The first kappa shape index (κ1) is 25.9. The molecule has 0 aliphatic rings. The summed E-state index contributed by atoms with van der Waals surface area (Å²) in [5.41, 5.74) is 0.364. The second-order valence-electron chi connectivity index (χ2n) is 8.97. The highest BCUT2D eigenvalue weighted by molar-refractivity contribution is 6.12. The van der Waals surface area contributed by atoms with E-state index in [1.807, 2.05) is 13.8 Å². The van der Waals surface area contributed by atoms with Gasteiger partial charge >= 0.3 is 6.18 Å². The lowest BCUT2D eigenvalue weighted by atomic mass is 9.96. The Morgan fingerprint density at radius 3 is 2.14 bits per heavy atom. The third kappa shape index (κ3) is 5.35. The molecule has 0 aliphatic heterocycles. The van der Waals surface area contributed by atoms with E-state index in [9.17, 15) is 27.2 Å². The maximum absolute atomic E-state index is 13.7. The molecule has 0 atom stereocenters. The van der Waals surface area contributed by atoms with Gasteiger partial charge in [-0.15, -0.1) is 0 Å². The van der Waals surface area contributed by atoms with Gasteiger partial charge in [0.25, 0.3) is 11.8 Å². The standard InChI is InChI=1S/C28H24F4N2O3/c1-15(2)14-34-26(35)20-12-17(6-10-22(20)28(30,31)32)18-7-11-23-21(13-18)24(27(36)33-3)25(37-23)16-4-8-19(29)9-5-16/h4-13,15H,14H2,1-3H3,(H,33,36)(H,34,35). The zero-order valence-corrected chi connectivity index (χ0v) is 20.3. The van der Waals surface area contributed by atoms with Crippen LogP contribution in [0.4, 0.5) is 17.6 Å². The number of rotatable bonds is 6. The molecular formula is C28H24F4N2O3. The lowest BCUT2D eigenvalue weighted by molar-refractivity contribution is -0.137. The van der Waals surface area contributed by atoms with Crippen molar-refractivity contribution in [3.8, 4) is 22.5 Å². The van der Waals surface area contributed by atoms with Gasteiger partial charge in [0.15, 0.2) is 0 Å². The first-order chi connectivity index (χ1) is 17.5. The number of benzene rings is 3. The zero-order valence-electron chi connectivity index (χ0n) is 20.3. The molecule has 0 radical (unpaired) electrons. The van der Waals surface area contributed by atoms with Crippen molar-refractivity contribution < 1.29 is 31.6 Å². The molecule has 1 aromatic heterocycles. The van der Waals surface area contributed by atoms with E-state index in [4.69, 9.17) is 4.42 Å². The SMILES string of the molecule is CNC(=O)c1c(-c2ccc(F)cc2)oc2ccc(-c3ccc(C(F)(F)F)c(C(=O)NCC(C)C)c3)cc12. The molecule has 2 amide bonds. The van der Waals surface area contributed by atoms with Gasteiger partial charge in [0.05, 0.1) is 16.7 Å². The van der Waals surface area contributed by atoms with Crippen LogP contribution in [0, 0.1) is 11.7 Å². The summed E-state index contributed by atoms with van der Waals surface area (Å²) >= 11 is 0. The summed E-state index contributed by atoms with van der Waals surface area (Å²) in [6, 6.07) is 13.7. The molecular weight excluding hydrogens is 488 g/mol. The first-order valence-corrected chi connectivity index (χ1v) is 11.5. The van der Waals surface area contributed by atoms with E-state index < -0.39 is 34.9 Å². The Morgan fingerprint density at radius 1 is 0.892 bits per heavy atom. The summed E-state index contributed by atoms with van der Waals surface area (Å²) in [5.74, 6) is -1.43. The van der Waals surface area contributed by atoms with Gasteiger partial charge in [-0.25, -0.2) is 4.39 Å². The molecule has 5 nitrogen and oxygen atoms in total. The van der Waals surface area contributed by atoms with Gasteiger partial charge in [0.1, 0.15) is 17.2 Å². The molecule has 2 N–H and O–H groups in total. The normalized spacial score (nSPS) is 11.7. The van der Waals surface area contributed by atoms with E-state index in [1.54, 1.807) is 18.2 Å². The number of amides is 2. The summed E-state index contributed by atoms with van der Waals surface area (Å²) in [6.07, 6.45) is -4.71. The molecule has 0 fully saturated rings. The Hall–Kier alpha value is -4.14. The van der Waals surface area contributed by atoms with Gasteiger partial charge in [-0.2, -0.15) is 13.2 Å². The summed E-state index contributed by atoms with van der Waals surface area (Å²) in [4.78, 5) is 25.5. The number of alkyl halides is 3. The molecule has 3 aromatic carbocycles. The fourth-order valence-electron chi connectivity index (χ4n) is 3.98. The van der Waals surface area contributed by atoms with E-state index in [0.29, 0.717) is 27.7 Å². The van der Waals surface area contributed by atoms with Crippen molar-refractivity contribution in [3.05, 3.63) is 83.2 Å². The van der Waals surface area contributed by atoms with Crippen LogP contribution in [-0.4, -0.2) is 25.4 Å². The molecule has 1 heterocycles. The number of fused-ring (bicyclic) bond motifs is 1. The Balaban J connectivity index is 1.86. The Bertz CT molecular complexity index is 1470. The minimum absolute atomic E-state index is 0.0587. The van der Waals surface area contributed by atoms with Crippen molar-refractivity contribution in [3.63, 3.8) is 0 Å². The minimum Gasteiger partial charge on any atom is -0.455 e. The molecule has 192 valence electrons. The van der Waals surface area contributed by atoms with E-state index in [-0.39, 0.29) is 23.8 Å². The maximum atomic E-state index is 13.7. The molecule has 0 saturated carbocycles. The minimum atomic E-state index is -4.71. The quantitative estimate of drug-likeness (QED) is 0.284. The van der Waals surface area contributed by atoms with Gasteiger partial charge < -0.3 is 15.1 Å². The molecule has 0 aliphatic carbocycles. The third-order valence-electron chi connectivity index (χ3n) is 5.82. The van der Waals surface area contributed by atoms with Crippen LogP contribution in [0.1, 0.15) is 40.1 Å². The van der Waals surface area contributed by atoms with Gasteiger partial charge in [-0.05, 0) is 65.6 Å². The van der Waals surface area contributed by atoms with Crippen LogP contribution in [0.5, 0.6) is 0 Å². The Morgan fingerprint density at radius 2 is 1.51 bits per heavy atom. The maximum Gasteiger partial charge on any atom is 0.417 e. The first-order valence-electron chi connectivity index (χ1n) is 11.5. The molecule has 9 heteroatoms. The molecule has 0 spiro atoms. The number of furan rings is 1. The summed E-state index contributed by atoms with van der Waals surface area (Å²) in [7, 11) is 1.46. The zero-order chi connectivity index (χ0) is 26.9. The molecule has 37 heavy (non-hydrogen) atoms. The number of hydrogen-bond donors (Lipinski definition) is 2. The molecule has 0 unspecified atom stereocenters. The molecule has 4 aromatic rings. The highest BCUT2D eigenvalue weighted by Crippen LogP contribution is 2.38. The fraction of sp³-hybridized carbons (Fsp3) is 0.214. The number of carbonyl (C=O) groups is 2. The van der Waals surface area contributed by atoms with Gasteiger partial charge in [-0.3, -0.25) is 9.59 Å². The second-order valence-corrected chi connectivity index (χ2v) is 8.97. The topological polar surface area (TPSA) is 71.3 Å². The van der Waals surface area contributed by atoms with Gasteiger partial charge in [-0.1, -0.05) is 26.0 Å². The summed E-state index contributed by atoms with van der Waals surface area (Å²) in [6.45, 7) is 3.90. The van der Waals surface area contributed by atoms with Crippen LogP contribution in [0.3, 0.4) is 0 Å². The van der Waals surface area contributed by atoms with Crippen LogP contribution >= 0.6 is 0 Å². The van der Waals surface area contributed by atoms with Crippen molar-refractivity contribution in [2.24, 2.45) is 5.92 Å². The van der Waals surface area contributed by atoms with Gasteiger partial charge in [0, 0.05) is 24.5 Å². The monoisotopic (exact) mass is 512 g/mol. The lowest BCUT2D eigenvalue weighted by Crippen LogP contribution is -2.29. The number of hydrogen-bond acceptors (Lipinski definition) is 3. The van der Waals surface area contributed by atoms with Crippen LogP contribution in [0.2, 0.25) is 0 Å². The predicted molar refractivity (Wildman–Crippen MR) is 133 cm³/mol. The van der Waals surface area contributed by atoms with Crippen molar-refractivity contribution in [2.75, 3.05) is 13.6 Å². The lowest BCUT2D eigenvalue weighted by Gasteiger charge is -2.15. The van der Waals surface area contributed by atoms with E-state index in [1.165, 1.54) is 43.4 Å². The Labute approximate surface area is 210 Å². The van der Waals surface area contributed by atoms with Crippen molar-refractivity contribution >= 4 is 22.8 Å². The van der Waals surface area contributed by atoms with Crippen LogP contribution < -0.4 is 10.6 Å². The fourth-order valence-corrected chi connectivity index (χ4v) is 3.98. The Kier molecular flexibility index (Phi) is 7.07. The highest BCUT2D eigenvalue weighted by Gasteiger charge is 2.35. The van der Waals surface area contributed by atoms with Gasteiger partial charge in [0.2, 0.25) is 0 Å². The summed E-state index contributed by atoms with van der Waals surface area (Å²) in [5, 5.41) is 5.52. The summed E-state index contributed by atoms with van der Waals surface area (Å²) < 4.78 is 60.3. The third-order valence-corrected chi connectivity index (χ3v) is 5.82.